The molecule has 96 valence electrons. The smallest absolute Gasteiger partial charge is 0.0996 e. The van der Waals surface area contributed by atoms with Crippen LogP contribution in [0.5, 0.6) is 0 Å². The molecule has 0 radical (unpaired) electrons. The molecule has 3 heteroatoms. The minimum absolute atomic E-state index is 0.844. The van der Waals surface area contributed by atoms with Gasteiger partial charge in [0.25, 0.3) is 0 Å². The van der Waals surface area contributed by atoms with Crippen molar-refractivity contribution in [3.05, 3.63) is 0 Å². The maximum Gasteiger partial charge on any atom is 0.0996 e. The largest absolute Gasteiger partial charge is 0.343 e. The van der Waals surface area contributed by atoms with Gasteiger partial charge >= 0.3 is 0 Å². The van der Waals surface area contributed by atoms with Crippen LogP contribution in [0.15, 0.2) is 0 Å². The van der Waals surface area contributed by atoms with Crippen molar-refractivity contribution in [1.29, 1.82) is 0 Å². The molecule has 0 aliphatic carbocycles. The van der Waals surface area contributed by atoms with E-state index in [1.165, 1.54) is 32.5 Å². The minimum Gasteiger partial charge on any atom is -0.343 e. The van der Waals surface area contributed by atoms with Crippen molar-refractivity contribution in [2.45, 2.75) is 38.8 Å². The monoisotopic (exact) mass is 230 g/mol. The molecule has 1 fully saturated rings. The zero-order chi connectivity index (χ0) is 12.1. The molecule has 0 aromatic carbocycles. The molecule has 1 unspecified atom stereocenters. The Morgan fingerprint density at radius 3 is 2.62 bits per heavy atom. The van der Waals surface area contributed by atoms with Gasteiger partial charge < -0.3 is 15.1 Å². The third kappa shape index (κ3) is 4.40. The molecular formula is C13H32N3+3. The molecule has 1 rings (SSSR count). The van der Waals surface area contributed by atoms with Crippen LogP contribution in [-0.2, 0) is 0 Å². The van der Waals surface area contributed by atoms with Gasteiger partial charge in [-0.3, -0.25) is 0 Å². The second-order valence-electron chi connectivity index (χ2n) is 6.16. The second kappa shape index (κ2) is 6.58. The normalized spacial score (nSPS) is 35.6. The lowest BCUT2D eigenvalue weighted by molar-refractivity contribution is -0.923. The van der Waals surface area contributed by atoms with Crippen molar-refractivity contribution >= 4 is 0 Å². The molecule has 0 aromatic rings. The summed E-state index contributed by atoms with van der Waals surface area (Å²) in [5, 5.41) is 2.61. The highest BCUT2D eigenvalue weighted by molar-refractivity contribution is 4.70. The molecule has 0 spiro atoms. The van der Waals surface area contributed by atoms with Crippen LogP contribution in [0.25, 0.3) is 0 Å². The molecular weight excluding hydrogens is 198 g/mol. The van der Waals surface area contributed by atoms with E-state index in [-0.39, 0.29) is 0 Å². The van der Waals surface area contributed by atoms with Crippen LogP contribution in [-0.4, -0.2) is 52.9 Å². The fourth-order valence-corrected chi connectivity index (χ4v) is 2.82. The van der Waals surface area contributed by atoms with Gasteiger partial charge in [-0.15, -0.1) is 0 Å². The van der Waals surface area contributed by atoms with Crippen molar-refractivity contribution in [2.75, 3.05) is 40.8 Å². The van der Waals surface area contributed by atoms with E-state index >= 15 is 0 Å². The van der Waals surface area contributed by atoms with Crippen LogP contribution in [0, 0.1) is 5.92 Å². The molecule has 1 aliphatic heterocycles. The predicted octanol–water partition coefficient (Wildman–Crippen LogP) is -2.60. The zero-order valence-corrected chi connectivity index (χ0v) is 11.8. The number of likely N-dealkylation sites (tertiary alicyclic amines) is 1. The Balaban J connectivity index is 2.20. The van der Waals surface area contributed by atoms with Crippen LogP contribution in [0.2, 0.25) is 0 Å². The number of nitrogens with two attached hydrogens (primary N) is 1. The highest BCUT2D eigenvalue weighted by Crippen LogP contribution is 2.07. The summed E-state index contributed by atoms with van der Waals surface area (Å²) in [5.41, 5.74) is 0. The Hall–Kier alpha value is -0.120. The average Bonchev–Trinajstić information content (AvgIpc) is 2.19. The van der Waals surface area contributed by atoms with Crippen LogP contribution in [0.4, 0.5) is 0 Å². The van der Waals surface area contributed by atoms with Gasteiger partial charge in [0.1, 0.15) is 0 Å². The summed E-state index contributed by atoms with van der Waals surface area (Å²) in [5.74, 6) is 0.878. The van der Waals surface area contributed by atoms with Gasteiger partial charge in [0.05, 0.1) is 65.2 Å². The van der Waals surface area contributed by atoms with E-state index in [1.54, 1.807) is 9.80 Å². The van der Waals surface area contributed by atoms with E-state index in [2.05, 4.69) is 40.3 Å². The first-order valence-corrected chi connectivity index (χ1v) is 6.95. The summed E-state index contributed by atoms with van der Waals surface area (Å²) >= 11 is 0. The molecule has 0 bridgehead atoms. The Labute approximate surface area is 101 Å². The first-order valence-electron chi connectivity index (χ1n) is 6.95. The van der Waals surface area contributed by atoms with Crippen molar-refractivity contribution in [2.24, 2.45) is 5.92 Å². The van der Waals surface area contributed by atoms with Crippen molar-refractivity contribution < 1.29 is 15.1 Å². The van der Waals surface area contributed by atoms with Gasteiger partial charge in [-0.1, -0.05) is 6.92 Å². The maximum absolute atomic E-state index is 2.61. The second-order valence-corrected chi connectivity index (χ2v) is 6.16. The van der Waals surface area contributed by atoms with Crippen LogP contribution < -0.4 is 15.1 Å². The summed E-state index contributed by atoms with van der Waals surface area (Å²) in [6.07, 6.45) is 2.74. The third-order valence-electron chi connectivity index (χ3n) is 4.19. The fraction of sp³-hybridized carbons (Fsp3) is 1.00. The van der Waals surface area contributed by atoms with Crippen LogP contribution >= 0.6 is 0 Å². The predicted molar refractivity (Wildman–Crippen MR) is 67.9 cm³/mol. The number of piperidine rings is 1. The van der Waals surface area contributed by atoms with E-state index in [0.29, 0.717) is 0 Å². The van der Waals surface area contributed by atoms with Crippen molar-refractivity contribution in [3.63, 3.8) is 0 Å². The summed E-state index contributed by atoms with van der Waals surface area (Å²) in [6.45, 7) is 8.78. The topological polar surface area (TPSA) is 25.5 Å². The highest BCUT2D eigenvalue weighted by Gasteiger charge is 2.33. The van der Waals surface area contributed by atoms with Gasteiger partial charge in [-0.05, 0) is 6.92 Å². The fourth-order valence-electron chi connectivity index (χ4n) is 2.82. The number of rotatable bonds is 5. The van der Waals surface area contributed by atoms with Crippen LogP contribution in [0.1, 0.15) is 26.7 Å². The lowest BCUT2D eigenvalue weighted by atomic mass is 9.90. The quantitative estimate of drug-likeness (QED) is 0.432. The van der Waals surface area contributed by atoms with Gasteiger partial charge in [0, 0.05) is 6.42 Å². The lowest BCUT2D eigenvalue weighted by Crippen LogP contribution is -3.16. The first-order chi connectivity index (χ1) is 7.50. The number of nitrogens with one attached hydrogen (secondary N) is 2. The van der Waals surface area contributed by atoms with Crippen molar-refractivity contribution in [3.8, 4) is 0 Å². The summed E-state index contributed by atoms with van der Waals surface area (Å²) in [4.78, 5) is 3.29. The Bertz CT molecular complexity index is 194. The minimum atomic E-state index is 0.844. The summed E-state index contributed by atoms with van der Waals surface area (Å²) in [7, 11) is 6.82. The molecule has 1 saturated heterocycles. The van der Waals surface area contributed by atoms with Crippen LogP contribution in [0.3, 0.4) is 0 Å². The van der Waals surface area contributed by atoms with Gasteiger partial charge in [0.2, 0.25) is 0 Å². The van der Waals surface area contributed by atoms with E-state index in [9.17, 15) is 0 Å². The molecule has 4 atom stereocenters. The average molecular weight is 230 g/mol. The molecule has 3 nitrogen and oxygen atoms in total. The molecule has 4 N–H and O–H groups in total. The number of hydrogen-bond donors (Lipinski definition) is 3. The third-order valence-corrected chi connectivity index (χ3v) is 4.19. The molecule has 1 aliphatic rings. The highest BCUT2D eigenvalue weighted by atomic mass is 15.2. The Morgan fingerprint density at radius 1 is 1.31 bits per heavy atom. The van der Waals surface area contributed by atoms with Crippen molar-refractivity contribution in [1.82, 2.24) is 0 Å². The standard InChI is InChI=1S/C13H29N3/c1-11-10-16(5)12(2)9-13(11)14-7-6-8-15(3)4/h11-14H,6-10H2,1-5H3/p+3/t11-,12+,13-/m1/s1. The SMILES string of the molecule is C[C@@H]1C[NH+](C)[C@@H](C)C[C@H]1[NH2+]CCC[NH+](C)C. The Kier molecular flexibility index (Phi) is 5.73. The number of quaternary nitrogens is 3. The van der Waals surface area contributed by atoms with E-state index in [4.69, 9.17) is 0 Å². The van der Waals surface area contributed by atoms with Gasteiger partial charge in [0.15, 0.2) is 0 Å². The van der Waals surface area contributed by atoms with E-state index < -0.39 is 0 Å². The molecule has 16 heavy (non-hydrogen) atoms. The van der Waals surface area contributed by atoms with E-state index in [0.717, 1.165) is 18.0 Å². The lowest BCUT2D eigenvalue weighted by Gasteiger charge is -2.35. The van der Waals surface area contributed by atoms with Gasteiger partial charge in [-0.25, -0.2) is 0 Å². The summed E-state index contributed by atoms with van der Waals surface area (Å²) < 4.78 is 0. The Morgan fingerprint density at radius 2 is 2.00 bits per heavy atom. The molecule has 0 saturated carbocycles. The van der Waals surface area contributed by atoms with E-state index in [1.807, 2.05) is 0 Å². The zero-order valence-electron chi connectivity index (χ0n) is 11.8. The van der Waals surface area contributed by atoms with Gasteiger partial charge in [-0.2, -0.15) is 0 Å². The number of hydrogen-bond acceptors (Lipinski definition) is 0. The maximum atomic E-state index is 2.61. The first kappa shape index (κ1) is 13.9. The molecule has 0 amide bonds. The summed E-state index contributed by atoms with van der Waals surface area (Å²) in [6, 6.07) is 1.72. The molecule has 0 aromatic heterocycles. The molecule has 1 heterocycles.